The van der Waals surface area contributed by atoms with Gasteiger partial charge in [-0.2, -0.15) is 4.57 Å². The van der Waals surface area contributed by atoms with Gasteiger partial charge in [0.2, 0.25) is 5.69 Å². The zero-order valence-corrected chi connectivity index (χ0v) is 36.6. The summed E-state index contributed by atoms with van der Waals surface area (Å²) in [5, 5.41) is 5.74. The molecule has 0 amide bonds. The average Bonchev–Trinajstić information content (AvgIpc) is 4.05. The van der Waals surface area contributed by atoms with E-state index in [1.165, 1.54) is 65.4 Å². The van der Waals surface area contributed by atoms with Gasteiger partial charge in [0.25, 0.3) is 0 Å². The van der Waals surface area contributed by atoms with Crippen molar-refractivity contribution in [2.75, 3.05) is 0 Å². The fourth-order valence-corrected chi connectivity index (χ4v) is 13.9. The molecule has 4 nitrogen and oxygen atoms in total. The van der Waals surface area contributed by atoms with Crippen LogP contribution in [0.1, 0.15) is 22.3 Å². The number of thiophene rings is 1. The maximum Gasteiger partial charge on any atom is 0.364 e. The molecular formula is C54H39F2N3OSSi+2. The van der Waals surface area contributed by atoms with Crippen LogP contribution in [-0.2, 0) is 5.66 Å². The molecule has 0 saturated carbocycles. The van der Waals surface area contributed by atoms with E-state index in [1.54, 1.807) is 0 Å². The van der Waals surface area contributed by atoms with Gasteiger partial charge in [-0.3, -0.25) is 0 Å². The second-order valence-corrected chi connectivity index (χ2v) is 24.2. The third-order valence-electron chi connectivity index (χ3n) is 13.7. The molecule has 7 aromatic carbocycles. The number of hydrogen-bond donors (Lipinski definition) is 0. The van der Waals surface area contributed by atoms with Gasteiger partial charge in [-0.05, 0) is 115 Å². The minimum absolute atomic E-state index is 0.479. The first kappa shape index (κ1) is 36.0. The first-order chi connectivity index (χ1) is 30.0. The number of nitrogens with zero attached hydrogens (tertiary/aromatic N) is 3. The summed E-state index contributed by atoms with van der Waals surface area (Å²) in [5.74, 6) is -0.188. The Kier molecular flexibility index (Phi) is 7.08. The van der Waals surface area contributed by atoms with Crippen LogP contribution in [0, 0.1) is 25.5 Å². The van der Waals surface area contributed by atoms with E-state index in [0.29, 0.717) is 11.1 Å². The zero-order chi connectivity index (χ0) is 42.0. The molecule has 1 unspecified atom stereocenters. The molecule has 0 saturated heterocycles. The predicted molar refractivity (Wildman–Crippen MR) is 251 cm³/mol. The number of benzene rings is 7. The van der Waals surface area contributed by atoms with Crippen LogP contribution in [0.4, 0.5) is 8.78 Å². The lowest BCUT2D eigenvalue weighted by atomic mass is 9.88. The Labute approximate surface area is 361 Å². The lowest BCUT2D eigenvalue weighted by Crippen LogP contribution is -2.72. The third-order valence-corrected chi connectivity index (χ3v) is 17.0. The first-order valence-electron chi connectivity index (χ1n) is 21.1. The Morgan fingerprint density at radius 3 is 2.24 bits per heavy atom. The highest BCUT2D eigenvalue weighted by molar-refractivity contribution is 7.25. The summed E-state index contributed by atoms with van der Waals surface area (Å²) in [7, 11) is -1.86. The van der Waals surface area contributed by atoms with Crippen LogP contribution in [0.3, 0.4) is 0 Å². The highest BCUT2D eigenvalue weighted by atomic mass is 32.1. The molecule has 8 heteroatoms. The van der Waals surface area contributed by atoms with E-state index in [0.717, 1.165) is 61.7 Å². The molecule has 0 N–H and O–H groups in total. The molecule has 0 aliphatic carbocycles. The molecular weight excluding hydrogens is 805 g/mol. The highest BCUT2D eigenvalue weighted by Gasteiger charge is 2.67. The maximum atomic E-state index is 14.6. The van der Waals surface area contributed by atoms with Crippen molar-refractivity contribution >= 4 is 77.7 Å². The zero-order valence-electron chi connectivity index (χ0n) is 34.8. The summed E-state index contributed by atoms with van der Waals surface area (Å²) in [6.07, 6.45) is 2.48. The van der Waals surface area contributed by atoms with Gasteiger partial charge in [-0.25, -0.2) is 8.78 Å². The van der Waals surface area contributed by atoms with Crippen molar-refractivity contribution in [3.8, 4) is 39.5 Å². The summed E-state index contributed by atoms with van der Waals surface area (Å²) in [5.41, 5.74) is 13.6. The third kappa shape index (κ3) is 4.53. The van der Waals surface area contributed by atoms with Crippen molar-refractivity contribution in [1.29, 1.82) is 0 Å². The predicted octanol–water partition coefficient (Wildman–Crippen LogP) is 12.8. The standard InChI is InChI=1S/C54H39F2N3OSSi/c1-30-31(2)51-39-13-6-8-14-42(39)54(57(51)29-49(30)62(3,4)5)43-21-20-38-40-26-32(33-24-34(55)27-35(56)25-33)18-22-46(40)60-52(38)50(43)53-58(44-15-9-10-16-45(44)59(53)54)36-19-23-48-41(28-36)37-12-7-11-17-47(37)61-48/h6-29H,1-5H3/q+2. The molecule has 0 radical (unpaired) electrons. The van der Waals surface area contributed by atoms with Crippen LogP contribution in [-0.4, -0.2) is 12.6 Å². The Morgan fingerprint density at radius 2 is 1.40 bits per heavy atom. The Bertz CT molecular complexity index is 3790. The topological polar surface area (TPSA) is 25.8 Å². The summed E-state index contributed by atoms with van der Waals surface area (Å²) < 4.78 is 46.4. The van der Waals surface area contributed by atoms with Crippen LogP contribution in [0.2, 0.25) is 19.6 Å². The molecule has 6 heterocycles. The molecule has 298 valence electrons. The number of para-hydroxylation sites is 2. The second kappa shape index (κ2) is 12.2. The lowest BCUT2D eigenvalue weighted by molar-refractivity contribution is -0.944. The summed E-state index contributed by atoms with van der Waals surface area (Å²) in [4.78, 5) is 0. The van der Waals surface area contributed by atoms with Gasteiger partial charge in [0.15, 0.2) is 22.8 Å². The van der Waals surface area contributed by atoms with Crippen molar-refractivity contribution in [3.63, 3.8) is 0 Å². The molecule has 62 heavy (non-hydrogen) atoms. The molecule has 2 aliphatic rings. The fourth-order valence-electron chi connectivity index (χ4n) is 11.0. The molecule has 4 aromatic heterocycles. The van der Waals surface area contributed by atoms with Crippen molar-refractivity contribution in [2.24, 2.45) is 0 Å². The van der Waals surface area contributed by atoms with Gasteiger partial charge < -0.3 is 4.42 Å². The molecule has 1 spiro atoms. The first-order valence-corrected chi connectivity index (χ1v) is 25.4. The maximum absolute atomic E-state index is 14.6. The number of imidazole rings is 1. The molecule has 0 fully saturated rings. The van der Waals surface area contributed by atoms with E-state index >= 15 is 0 Å². The number of fused-ring (bicyclic) bond motifs is 19. The van der Waals surface area contributed by atoms with Crippen LogP contribution in [0.25, 0.3) is 92.6 Å². The van der Waals surface area contributed by atoms with Crippen molar-refractivity contribution in [1.82, 2.24) is 4.57 Å². The number of hydrogen-bond acceptors (Lipinski definition) is 2. The van der Waals surface area contributed by atoms with Crippen molar-refractivity contribution < 1.29 is 22.3 Å². The molecule has 2 aliphatic heterocycles. The van der Waals surface area contributed by atoms with Gasteiger partial charge in [-0.1, -0.05) is 68.2 Å². The van der Waals surface area contributed by atoms with Crippen molar-refractivity contribution in [3.05, 3.63) is 180 Å². The Morgan fingerprint density at radius 1 is 0.645 bits per heavy atom. The van der Waals surface area contributed by atoms with E-state index in [-0.39, 0.29) is 0 Å². The average molecular weight is 844 g/mol. The van der Waals surface area contributed by atoms with Crippen LogP contribution in [0.5, 0.6) is 0 Å². The van der Waals surface area contributed by atoms with Gasteiger partial charge in [0, 0.05) is 47.8 Å². The molecule has 0 bridgehead atoms. The number of halogens is 2. The monoisotopic (exact) mass is 843 g/mol. The SMILES string of the molecule is Cc1c([Si](C)(C)C)c[n+]2c(c1C)-c1ccccc1C21c2ccc3c(oc4ccc(-c5cc(F)cc(F)c5)cc43)c2-c2n(-c3ccc4sc5ccccc5c4c3)c3ccccc3[n+]21. The van der Waals surface area contributed by atoms with Gasteiger partial charge in [0.1, 0.15) is 28.5 Å². The van der Waals surface area contributed by atoms with Gasteiger partial charge >= 0.3 is 11.5 Å². The smallest absolute Gasteiger partial charge is 0.364 e. The number of aromatic nitrogens is 3. The minimum Gasteiger partial charge on any atom is -0.455 e. The van der Waals surface area contributed by atoms with E-state index in [9.17, 15) is 8.78 Å². The Hall–Kier alpha value is -6.74. The highest BCUT2D eigenvalue weighted by Crippen LogP contribution is 2.53. The van der Waals surface area contributed by atoms with E-state index in [2.05, 4.69) is 157 Å². The molecule has 13 rings (SSSR count). The quantitative estimate of drug-likeness (QED) is 0.129. The molecule has 11 aromatic rings. The normalized spacial score (nSPS) is 15.4. The van der Waals surface area contributed by atoms with Gasteiger partial charge in [0.05, 0.1) is 24.8 Å². The number of rotatable bonds is 3. The summed E-state index contributed by atoms with van der Waals surface area (Å²) in [6.45, 7) is 11.9. The van der Waals surface area contributed by atoms with Crippen LogP contribution in [0.15, 0.2) is 150 Å². The van der Waals surface area contributed by atoms with Crippen LogP contribution < -0.4 is 14.3 Å². The van der Waals surface area contributed by atoms with E-state index in [1.807, 2.05) is 29.5 Å². The lowest BCUT2D eigenvalue weighted by Gasteiger charge is -2.24. The molecule has 1 atom stereocenters. The fraction of sp³-hybridized carbons (Fsp3) is 0.111. The number of pyridine rings is 1. The van der Waals surface area contributed by atoms with Gasteiger partial charge in [-0.15, -0.1) is 20.5 Å². The van der Waals surface area contributed by atoms with E-state index in [4.69, 9.17) is 4.42 Å². The van der Waals surface area contributed by atoms with Crippen LogP contribution >= 0.6 is 11.3 Å². The minimum atomic E-state index is -1.86. The van der Waals surface area contributed by atoms with E-state index < -0.39 is 25.4 Å². The summed E-state index contributed by atoms with van der Waals surface area (Å²) in [6, 6.07) is 47.3. The number of furan rings is 1. The van der Waals surface area contributed by atoms with Crippen molar-refractivity contribution in [2.45, 2.75) is 39.2 Å². The largest absolute Gasteiger partial charge is 0.455 e. The second-order valence-electron chi connectivity index (χ2n) is 18.1. The summed E-state index contributed by atoms with van der Waals surface area (Å²) >= 11 is 1.82. The Balaban J connectivity index is 1.22.